The minimum atomic E-state index is -0.242. The first-order chi connectivity index (χ1) is 11.2. The predicted octanol–water partition coefficient (Wildman–Crippen LogP) is 3.74. The van der Waals surface area contributed by atoms with Crippen LogP contribution in [-0.4, -0.2) is 29.4 Å². The second kappa shape index (κ2) is 6.66. The molecule has 0 aliphatic heterocycles. The van der Waals surface area contributed by atoms with Gasteiger partial charge in [0.05, 0.1) is 5.69 Å². The molecule has 0 radical (unpaired) electrons. The van der Waals surface area contributed by atoms with Gasteiger partial charge in [-0.05, 0) is 30.5 Å². The number of carbonyl (C=O) groups is 1. The molecule has 2 aromatic heterocycles. The van der Waals surface area contributed by atoms with E-state index in [1.165, 1.54) is 0 Å². The Labute approximate surface area is 138 Å². The van der Waals surface area contributed by atoms with E-state index in [2.05, 4.69) is 10.1 Å². The molecule has 1 aromatic carbocycles. The highest BCUT2D eigenvalue weighted by Crippen LogP contribution is 2.29. The second-order valence-corrected chi connectivity index (χ2v) is 5.70. The lowest BCUT2D eigenvalue weighted by atomic mass is 10.2. The molecule has 0 saturated heterocycles. The fourth-order valence-electron chi connectivity index (χ4n) is 2.21. The molecule has 0 N–H and O–H groups in total. The number of rotatable bonds is 4. The zero-order chi connectivity index (χ0) is 16.2. The van der Waals surface area contributed by atoms with Gasteiger partial charge in [-0.15, -0.1) is 11.8 Å². The number of para-hydroxylation sites is 1. The Kier molecular flexibility index (Phi) is 4.43. The smallest absolute Gasteiger partial charge is 0.296 e. The fraction of sp³-hybridized carbons (Fsp3) is 0.118. The Bertz CT molecular complexity index is 817. The van der Waals surface area contributed by atoms with Gasteiger partial charge in [-0.3, -0.25) is 9.78 Å². The number of hydrogen-bond acceptors (Lipinski definition) is 5. The van der Waals surface area contributed by atoms with Crippen LogP contribution in [0.2, 0.25) is 0 Å². The number of aromatic nitrogens is 2. The molecular formula is C17H15N3O2S. The quantitative estimate of drug-likeness (QED) is 0.684. The summed E-state index contributed by atoms with van der Waals surface area (Å²) >= 11 is 1.59. The van der Waals surface area contributed by atoms with Gasteiger partial charge in [-0.2, -0.15) is 0 Å². The van der Waals surface area contributed by atoms with Crippen molar-refractivity contribution >= 4 is 23.4 Å². The highest BCUT2D eigenvalue weighted by Gasteiger charge is 2.21. The Morgan fingerprint density at radius 3 is 2.78 bits per heavy atom. The van der Waals surface area contributed by atoms with Crippen LogP contribution in [0.1, 0.15) is 10.6 Å². The van der Waals surface area contributed by atoms with E-state index in [1.807, 2.05) is 42.7 Å². The zero-order valence-electron chi connectivity index (χ0n) is 12.8. The van der Waals surface area contributed by atoms with E-state index in [1.54, 1.807) is 42.2 Å². The topological polar surface area (TPSA) is 59.2 Å². The van der Waals surface area contributed by atoms with E-state index in [0.29, 0.717) is 5.69 Å². The van der Waals surface area contributed by atoms with Gasteiger partial charge < -0.3 is 9.42 Å². The third kappa shape index (κ3) is 3.12. The predicted molar refractivity (Wildman–Crippen MR) is 90.7 cm³/mol. The summed E-state index contributed by atoms with van der Waals surface area (Å²) in [5, 5.41) is 3.96. The molecule has 3 aromatic rings. The van der Waals surface area contributed by atoms with Crippen molar-refractivity contribution in [2.24, 2.45) is 0 Å². The van der Waals surface area contributed by atoms with Crippen LogP contribution in [0.25, 0.3) is 11.3 Å². The van der Waals surface area contributed by atoms with Crippen LogP contribution < -0.4 is 4.90 Å². The summed E-state index contributed by atoms with van der Waals surface area (Å²) < 4.78 is 5.22. The van der Waals surface area contributed by atoms with Crippen molar-refractivity contribution in [1.82, 2.24) is 10.1 Å². The summed E-state index contributed by atoms with van der Waals surface area (Å²) in [6.45, 7) is 0. The lowest BCUT2D eigenvalue weighted by molar-refractivity contribution is 0.0957. The molecular weight excluding hydrogens is 310 g/mol. The van der Waals surface area contributed by atoms with Crippen LogP contribution in [0.15, 0.2) is 64.3 Å². The van der Waals surface area contributed by atoms with Gasteiger partial charge in [0, 0.05) is 36.0 Å². The lowest BCUT2D eigenvalue weighted by Gasteiger charge is -2.18. The maximum atomic E-state index is 12.6. The minimum Gasteiger partial charge on any atom is -0.350 e. The van der Waals surface area contributed by atoms with Crippen LogP contribution in [0, 0.1) is 0 Å². The SMILES string of the molecule is CSc1ccccc1N(C)C(=O)c1cc(-c2cccnc2)no1. The zero-order valence-corrected chi connectivity index (χ0v) is 13.6. The van der Waals surface area contributed by atoms with Crippen molar-refractivity contribution in [1.29, 1.82) is 0 Å². The molecule has 0 aliphatic carbocycles. The Morgan fingerprint density at radius 2 is 2.04 bits per heavy atom. The molecule has 0 fully saturated rings. The first kappa shape index (κ1) is 15.3. The van der Waals surface area contributed by atoms with Crippen molar-refractivity contribution in [3.05, 3.63) is 60.6 Å². The van der Waals surface area contributed by atoms with Crippen LogP contribution in [0.3, 0.4) is 0 Å². The average Bonchev–Trinajstić information content (AvgIpc) is 3.11. The third-order valence-corrected chi connectivity index (χ3v) is 4.21. The van der Waals surface area contributed by atoms with E-state index in [-0.39, 0.29) is 11.7 Å². The standard InChI is InChI=1S/C17H15N3O2S/c1-20(14-7-3-4-8-16(14)23-2)17(21)15-10-13(19-22-15)12-6-5-9-18-11-12/h3-11H,1-2H3. The summed E-state index contributed by atoms with van der Waals surface area (Å²) in [6.07, 6.45) is 5.34. The number of anilines is 1. The highest BCUT2D eigenvalue weighted by molar-refractivity contribution is 7.98. The number of hydrogen-bond donors (Lipinski definition) is 0. The summed E-state index contributed by atoms with van der Waals surface area (Å²) in [4.78, 5) is 19.3. The van der Waals surface area contributed by atoms with E-state index >= 15 is 0 Å². The minimum absolute atomic E-state index is 0.197. The van der Waals surface area contributed by atoms with Crippen LogP contribution >= 0.6 is 11.8 Å². The molecule has 0 bridgehead atoms. The van der Waals surface area contributed by atoms with Crippen LogP contribution in [-0.2, 0) is 0 Å². The Morgan fingerprint density at radius 1 is 1.22 bits per heavy atom. The second-order valence-electron chi connectivity index (χ2n) is 4.85. The number of thioether (sulfide) groups is 1. The monoisotopic (exact) mass is 325 g/mol. The van der Waals surface area contributed by atoms with Gasteiger partial charge in [-0.25, -0.2) is 0 Å². The van der Waals surface area contributed by atoms with E-state index in [9.17, 15) is 4.79 Å². The van der Waals surface area contributed by atoms with Gasteiger partial charge in [0.2, 0.25) is 5.76 Å². The molecule has 5 nitrogen and oxygen atoms in total. The molecule has 1 amide bonds. The first-order valence-corrected chi connectivity index (χ1v) is 8.21. The summed E-state index contributed by atoms with van der Waals surface area (Å²) in [5.74, 6) is -0.0450. The lowest BCUT2D eigenvalue weighted by Crippen LogP contribution is -2.26. The molecule has 2 heterocycles. The van der Waals surface area contributed by atoms with Gasteiger partial charge in [-0.1, -0.05) is 17.3 Å². The Balaban J connectivity index is 1.87. The maximum Gasteiger partial charge on any atom is 0.296 e. The molecule has 0 unspecified atom stereocenters. The van der Waals surface area contributed by atoms with Gasteiger partial charge in [0.25, 0.3) is 5.91 Å². The molecule has 0 aliphatic rings. The fourth-order valence-corrected chi connectivity index (χ4v) is 2.84. The van der Waals surface area contributed by atoms with Gasteiger partial charge >= 0.3 is 0 Å². The molecule has 0 spiro atoms. The average molecular weight is 325 g/mol. The van der Waals surface area contributed by atoms with Crippen molar-refractivity contribution in [3.63, 3.8) is 0 Å². The normalized spacial score (nSPS) is 10.5. The number of pyridine rings is 1. The molecule has 116 valence electrons. The van der Waals surface area contributed by atoms with Gasteiger partial charge in [0.1, 0.15) is 5.69 Å². The number of benzene rings is 1. The maximum absolute atomic E-state index is 12.6. The van der Waals surface area contributed by atoms with Crippen LogP contribution in [0.5, 0.6) is 0 Å². The van der Waals surface area contributed by atoms with Crippen molar-refractivity contribution in [2.75, 3.05) is 18.2 Å². The van der Waals surface area contributed by atoms with E-state index in [0.717, 1.165) is 16.1 Å². The first-order valence-electron chi connectivity index (χ1n) is 6.99. The van der Waals surface area contributed by atoms with Gasteiger partial charge in [0.15, 0.2) is 0 Å². The van der Waals surface area contributed by atoms with Crippen molar-refractivity contribution < 1.29 is 9.32 Å². The molecule has 6 heteroatoms. The third-order valence-electron chi connectivity index (χ3n) is 3.43. The largest absolute Gasteiger partial charge is 0.350 e. The van der Waals surface area contributed by atoms with Crippen molar-refractivity contribution in [2.45, 2.75) is 4.90 Å². The summed E-state index contributed by atoms with van der Waals surface area (Å²) in [6, 6.07) is 13.0. The van der Waals surface area contributed by atoms with E-state index in [4.69, 9.17) is 4.52 Å². The molecule has 3 rings (SSSR count). The highest BCUT2D eigenvalue weighted by atomic mass is 32.2. The Hall–Kier alpha value is -2.60. The number of amides is 1. The van der Waals surface area contributed by atoms with Crippen molar-refractivity contribution in [3.8, 4) is 11.3 Å². The molecule has 0 saturated carbocycles. The molecule has 23 heavy (non-hydrogen) atoms. The van der Waals surface area contributed by atoms with E-state index < -0.39 is 0 Å². The summed E-state index contributed by atoms with van der Waals surface area (Å²) in [5.41, 5.74) is 2.24. The number of carbonyl (C=O) groups excluding carboxylic acids is 1. The number of nitrogens with zero attached hydrogens (tertiary/aromatic N) is 3. The molecule has 0 atom stereocenters. The summed E-state index contributed by atoms with van der Waals surface area (Å²) in [7, 11) is 1.73. The van der Waals surface area contributed by atoms with Crippen LogP contribution in [0.4, 0.5) is 5.69 Å².